The van der Waals surface area contributed by atoms with Crippen LogP contribution in [-0.2, 0) is 23.7 Å². The number of alkyl halides is 1. The average molecular weight is 237 g/mol. The molecule has 5 nitrogen and oxygen atoms in total. The lowest BCUT2D eigenvalue weighted by molar-refractivity contribution is -0.262. The normalized spacial score (nSPS) is 42.5. The van der Waals surface area contributed by atoms with Crippen molar-refractivity contribution in [2.45, 2.75) is 31.0 Å². The van der Waals surface area contributed by atoms with Gasteiger partial charge in [0.1, 0.15) is 24.9 Å². The van der Waals surface area contributed by atoms with Crippen molar-refractivity contribution in [2.75, 3.05) is 19.6 Å². The Balaban J connectivity index is 2.00. The second kappa shape index (κ2) is 3.90. The van der Waals surface area contributed by atoms with Gasteiger partial charge in [-0.1, -0.05) is 0 Å². The van der Waals surface area contributed by atoms with Gasteiger partial charge >= 0.3 is 5.97 Å². The Bertz CT molecular complexity index is 271. The second-order valence-electron chi connectivity index (χ2n) is 3.63. The Kier molecular flexibility index (Phi) is 2.89. The SMILES string of the molecule is CO[C@]1(COC(C)=O)O[C@H](CCl)[C@@H]2O[C@@H]21. The second-order valence-corrected chi connectivity index (χ2v) is 3.94. The Morgan fingerprint density at radius 1 is 1.60 bits per heavy atom. The fourth-order valence-electron chi connectivity index (χ4n) is 1.81. The summed E-state index contributed by atoms with van der Waals surface area (Å²) < 4.78 is 21.1. The van der Waals surface area contributed by atoms with Crippen LogP contribution in [-0.4, -0.2) is 49.7 Å². The maximum atomic E-state index is 10.7. The predicted octanol–water partition coefficient (Wildman–Crippen LogP) is 0.297. The van der Waals surface area contributed by atoms with Crippen molar-refractivity contribution in [3.63, 3.8) is 0 Å². The lowest BCUT2D eigenvalue weighted by atomic mass is 10.2. The van der Waals surface area contributed by atoms with E-state index in [2.05, 4.69) is 0 Å². The van der Waals surface area contributed by atoms with Gasteiger partial charge in [0, 0.05) is 14.0 Å². The molecule has 2 rings (SSSR count). The fourth-order valence-corrected chi connectivity index (χ4v) is 2.05. The van der Waals surface area contributed by atoms with Crippen LogP contribution in [0.3, 0.4) is 0 Å². The quantitative estimate of drug-likeness (QED) is 0.399. The molecule has 86 valence electrons. The highest BCUT2D eigenvalue weighted by Gasteiger charge is 2.67. The Morgan fingerprint density at radius 3 is 2.80 bits per heavy atom. The fraction of sp³-hybridized carbons (Fsp3) is 0.889. The standard InChI is InChI=1S/C9H13ClO5/c1-5(11)13-4-9(12-2)8-7(14-8)6(3-10)15-9/h6-8H,3-4H2,1-2H3/t6-,7+,8+,9-/m1/s1. The maximum Gasteiger partial charge on any atom is 0.302 e. The number of ether oxygens (including phenoxy) is 4. The van der Waals surface area contributed by atoms with Crippen LogP contribution in [0.1, 0.15) is 6.92 Å². The topological polar surface area (TPSA) is 57.3 Å². The van der Waals surface area contributed by atoms with Gasteiger partial charge in [-0.05, 0) is 0 Å². The van der Waals surface area contributed by atoms with E-state index in [0.717, 1.165) is 0 Å². The van der Waals surface area contributed by atoms with Crippen LogP contribution in [0.2, 0.25) is 0 Å². The van der Waals surface area contributed by atoms with Gasteiger partial charge in [-0.2, -0.15) is 0 Å². The maximum absolute atomic E-state index is 10.7. The lowest BCUT2D eigenvalue weighted by Crippen LogP contribution is -2.44. The number of epoxide rings is 1. The molecule has 4 atom stereocenters. The van der Waals surface area contributed by atoms with E-state index in [1.807, 2.05) is 0 Å². The molecule has 0 saturated carbocycles. The summed E-state index contributed by atoms with van der Waals surface area (Å²) in [6.45, 7) is 1.37. The molecule has 0 amide bonds. The Morgan fingerprint density at radius 2 is 2.33 bits per heavy atom. The van der Waals surface area contributed by atoms with E-state index < -0.39 is 5.79 Å². The molecule has 0 aromatic carbocycles. The molecule has 15 heavy (non-hydrogen) atoms. The molecule has 0 aromatic rings. The Labute approximate surface area is 92.6 Å². The molecule has 6 heteroatoms. The monoisotopic (exact) mass is 236 g/mol. The van der Waals surface area contributed by atoms with Crippen LogP contribution < -0.4 is 0 Å². The van der Waals surface area contributed by atoms with Gasteiger partial charge in [-0.3, -0.25) is 4.79 Å². The molecule has 2 aliphatic heterocycles. The zero-order valence-electron chi connectivity index (χ0n) is 8.57. The van der Waals surface area contributed by atoms with Crippen molar-refractivity contribution < 1.29 is 23.7 Å². The summed E-state index contributed by atoms with van der Waals surface area (Å²) in [5, 5.41) is 0. The number of carbonyl (C=O) groups is 1. The molecule has 0 radical (unpaired) electrons. The number of methoxy groups -OCH3 is 1. The highest BCUT2D eigenvalue weighted by Crippen LogP contribution is 2.47. The number of carbonyl (C=O) groups excluding carboxylic acids is 1. The van der Waals surface area contributed by atoms with E-state index in [0.29, 0.717) is 5.88 Å². The first-order valence-corrected chi connectivity index (χ1v) is 5.24. The van der Waals surface area contributed by atoms with Crippen LogP contribution in [0.5, 0.6) is 0 Å². The molecule has 0 N–H and O–H groups in total. The molecule has 0 aromatic heterocycles. The van der Waals surface area contributed by atoms with E-state index in [4.69, 9.17) is 30.5 Å². The van der Waals surface area contributed by atoms with E-state index in [1.54, 1.807) is 0 Å². The van der Waals surface area contributed by atoms with Crippen LogP contribution >= 0.6 is 11.6 Å². The van der Waals surface area contributed by atoms with Crippen molar-refractivity contribution in [1.82, 2.24) is 0 Å². The molecule has 0 aliphatic carbocycles. The zero-order valence-corrected chi connectivity index (χ0v) is 9.32. The molecule has 2 heterocycles. The summed E-state index contributed by atoms with van der Waals surface area (Å²) in [5.74, 6) is -1.01. The van der Waals surface area contributed by atoms with Crippen molar-refractivity contribution in [1.29, 1.82) is 0 Å². The van der Waals surface area contributed by atoms with Crippen LogP contribution in [0.15, 0.2) is 0 Å². The van der Waals surface area contributed by atoms with E-state index in [9.17, 15) is 4.79 Å². The lowest BCUT2D eigenvalue weighted by Gasteiger charge is -2.28. The summed E-state index contributed by atoms with van der Waals surface area (Å²) >= 11 is 5.71. The first-order chi connectivity index (χ1) is 7.13. The zero-order chi connectivity index (χ0) is 11.1. The number of halogens is 1. The molecule has 0 spiro atoms. The third kappa shape index (κ3) is 1.85. The molecule has 2 saturated heterocycles. The third-order valence-electron chi connectivity index (χ3n) is 2.65. The Hall–Kier alpha value is -0.360. The number of esters is 1. The number of rotatable bonds is 4. The average Bonchev–Trinajstić information content (AvgIpc) is 2.95. The van der Waals surface area contributed by atoms with Gasteiger partial charge in [-0.15, -0.1) is 11.6 Å². The van der Waals surface area contributed by atoms with Crippen molar-refractivity contribution in [3.8, 4) is 0 Å². The smallest absolute Gasteiger partial charge is 0.302 e. The minimum absolute atomic E-state index is 0.0296. The minimum Gasteiger partial charge on any atom is -0.460 e. The molecule has 2 aliphatic rings. The van der Waals surface area contributed by atoms with E-state index >= 15 is 0 Å². The van der Waals surface area contributed by atoms with Gasteiger partial charge in [0.05, 0.1) is 5.88 Å². The predicted molar refractivity (Wildman–Crippen MR) is 50.6 cm³/mol. The summed E-state index contributed by atoms with van der Waals surface area (Å²) in [6, 6.07) is 0. The summed E-state index contributed by atoms with van der Waals surface area (Å²) in [6.07, 6.45) is -0.393. The first kappa shape index (κ1) is 11.1. The van der Waals surface area contributed by atoms with Crippen molar-refractivity contribution in [2.24, 2.45) is 0 Å². The molecule has 0 bridgehead atoms. The van der Waals surface area contributed by atoms with Gasteiger partial charge in [0.15, 0.2) is 0 Å². The number of hydrogen-bond acceptors (Lipinski definition) is 5. The molecular weight excluding hydrogens is 224 g/mol. The molecule has 2 fully saturated rings. The summed E-state index contributed by atoms with van der Waals surface area (Å²) in [4.78, 5) is 10.7. The largest absolute Gasteiger partial charge is 0.460 e. The van der Waals surface area contributed by atoms with Crippen LogP contribution in [0.4, 0.5) is 0 Å². The van der Waals surface area contributed by atoms with Crippen molar-refractivity contribution >= 4 is 17.6 Å². The summed E-state index contributed by atoms with van der Waals surface area (Å²) in [5.41, 5.74) is 0. The van der Waals surface area contributed by atoms with Crippen LogP contribution in [0, 0.1) is 0 Å². The van der Waals surface area contributed by atoms with Gasteiger partial charge in [0.25, 0.3) is 0 Å². The number of hydrogen-bond donors (Lipinski definition) is 0. The first-order valence-electron chi connectivity index (χ1n) is 4.70. The third-order valence-corrected chi connectivity index (χ3v) is 2.95. The highest BCUT2D eigenvalue weighted by molar-refractivity contribution is 6.18. The van der Waals surface area contributed by atoms with Crippen LogP contribution in [0.25, 0.3) is 0 Å². The highest BCUT2D eigenvalue weighted by atomic mass is 35.5. The number of fused-ring (bicyclic) bond motifs is 1. The molecule has 0 unspecified atom stereocenters. The van der Waals surface area contributed by atoms with Crippen molar-refractivity contribution in [3.05, 3.63) is 0 Å². The summed E-state index contributed by atoms with van der Waals surface area (Å²) in [7, 11) is 1.50. The van der Waals surface area contributed by atoms with Gasteiger partial charge in [-0.25, -0.2) is 0 Å². The van der Waals surface area contributed by atoms with Gasteiger partial charge < -0.3 is 18.9 Å². The minimum atomic E-state index is -0.976. The van der Waals surface area contributed by atoms with E-state index in [1.165, 1.54) is 14.0 Å². The molecular formula is C9H13ClO5. The van der Waals surface area contributed by atoms with E-state index in [-0.39, 0.29) is 30.9 Å². The van der Waals surface area contributed by atoms with Gasteiger partial charge in [0.2, 0.25) is 5.79 Å².